The molecule has 1 aromatic rings. The van der Waals surface area contributed by atoms with Crippen molar-refractivity contribution in [3.63, 3.8) is 0 Å². The van der Waals surface area contributed by atoms with Gasteiger partial charge in [-0.2, -0.15) is 13.2 Å². The van der Waals surface area contributed by atoms with Gasteiger partial charge in [-0.15, -0.1) is 0 Å². The lowest BCUT2D eigenvalue weighted by atomic mass is 10.2. The molecule has 0 saturated heterocycles. The largest absolute Gasteiger partial charge is 0.490 e. The van der Waals surface area contributed by atoms with Crippen LogP contribution < -0.4 is 4.74 Å². The van der Waals surface area contributed by atoms with Crippen molar-refractivity contribution in [3.05, 3.63) is 26.6 Å². The van der Waals surface area contributed by atoms with Crippen LogP contribution in [0.1, 0.15) is 10.4 Å². The molecule has 1 rings (SSSR count). The van der Waals surface area contributed by atoms with E-state index in [4.69, 9.17) is 4.74 Å². The van der Waals surface area contributed by atoms with Crippen LogP contribution in [0.5, 0.6) is 5.75 Å². The van der Waals surface area contributed by atoms with Crippen molar-refractivity contribution in [3.8, 4) is 5.75 Å². The molecule has 0 N–H and O–H groups in total. The van der Waals surface area contributed by atoms with Gasteiger partial charge in [0.25, 0.3) is 0 Å². The van der Waals surface area contributed by atoms with Crippen LogP contribution in [-0.2, 0) is 0 Å². The fourth-order valence-corrected chi connectivity index (χ4v) is 2.94. The van der Waals surface area contributed by atoms with Crippen molar-refractivity contribution in [2.45, 2.75) is 5.51 Å². The minimum Gasteiger partial charge on any atom is -0.490 e. The van der Waals surface area contributed by atoms with Gasteiger partial charge in [0.2, 0.25) is 0 Å². The molecule has 100 valence electrons. The number of alkyl halides is 3. The fourth-order valence-electron chi connectivity index (χ4n) is 1.09. The molecule has 1 aromatic carbocycles. The SMILES string of the molecule is O=Cc1cc(Br)c(OCCSC(F)(F)F)c(Br)c1. The van der Waals surface area contributed by atoms with Crippen molar-refractivity contribution >= 4 is 49.9 Å². The van der Waals surface area contributed by atoms with E-state index in [1.807, 2.05) is 0 Å². The standard InChI is InChI=1S/C10H7Br2F3O2S/c11-7-3-6(5-16)4-8(12)9(7)17-1-2-18-10(13,14)15/h3-5H,1-2H2. The molecular weight excluding hydrogens is 401 g/mol. The molecule has 0 aromatic heterocycles. The van der Waals surface area contributed by atoms with Crippen LogP contribution in [-0.4, -0.2) is 24.2 Å². The number of ether oxygens (including phenoxy) is 1. The quantitative estimate of drug-likeness (QED) is 0.524. The second-order valence-corrected chi connectivity index (χ2v) is 5.94. The third-order valence-electron chi connectivity index (χ3n) is 1.75. The molecule has 0 unspecified atom stereocenters. The number of halogens is 5. The van der Waals surface area contributed by atoms with Gasteiger partial charge in [-0.05, 0) is 55.8 Å². The first-order chi connectivity index (χ1) is 8.33. The summed E-state index contributed by atoms with van der Waals surface area (Å²) in [6.45, 7) is -0.0815. The number of thioether (sulfide) groups is 1. The van der Waals surface area contributed by atoms with Gasteiger partial charge >= 0.3 is 5.51 Å². The molecule has 0 aliphatic carbocycles. The molecule has 0 heterocycles. The number of hydrogen-bond donors (Lipinski definition) is 0. The van der Waals surface area contributed by atoms with E-state index in [2.05, 4.69) is 31.9 Å². The minimum atomic E-state index is -4.25. The van der Waals surface area contributed by atoms with Crippen LogP contribution in [0.3, 0.4) is 0 Å². The molecule has 0 saturated carbocycles. The number of benzene rings is 1. The zero-order chi connectivity index (χ0) is 13.8. The molecule has 0 aliphatic rings. The van der Waals surface area contributed by atoms with E-state index in [1.54, 1.807) is 0 Å². The summed E-state index contributed by atoms with van der Waals surface area (Å²) < 4.78 is 41.9. The Balaban J connectivity index is 2.60. The number of carbonyl (C=O) groups excluding carboxylic acids is 1. The van der Waals surface area contributed by atoms with Crippen molar-refractivity contribution in [1.29, 1.82) is 0 Å². The van der Waals surface area contributed by atoms with Crippen molar-refractivity contribution in [2.75, 3.05) is 12.4 Å². The van der Waals surface area contributed by atoms with E-state index in [0.29, 0.717) is 26.5 Å². The van der Waals surface area contributed by atoms with Crippen LogP contribution in [0.2, 0.25) is 0 Å². The maximum absolute atomic E-state index is 11.9. The maximum atomic E-state index is 11.9. The first-order valence-corrected chi connectivity index (χ1v) is 7.18. The van der Waals surface area contributed by atoms with E-state index >= 15 is 0 Å². The molecule has 0 radical (unpaired) electrons. The van der Waals surface area contributed by atoms with Crippen LogP contribution in [0.25, 0.3) is 0 Å². The summed E-state index contributed by atoms with van der Waals surface area (Å²) in [4.78, 5) is 10.6. The van der Waals surface area contributed by atoms with E-state index < -0.39 is 5.51 Å². The van der Waals surface area contributed by atoms with Gasteiger partial charge in [-0.25, -0.2) is 0 Å². The predicted octanol–water partition coefficient (Wildman–Crippen LogP) is 4.66. The van der Waals surface area contributed by atoms with Gasteiger partial charge < -0.3 is 4.74 Å². The molecule has 0 aliphatic heterocycles. The van der Waals surface area contributed by atoms with Gasteiger partial charge in [0, 0.05) is 11.3 Å². The zero-order valence-electron chi connectivity index (χ0n) is 8.76. The van der Waals surface area contributed by atoms with Gasteiger partial charge in [-0.1, -0.05) is 0 Å². The number of aldehydes is 1. The van der Waals surface area contributed by atoms with Crippen molar-refractivity contribution in [2.24, 2.45) is 0 Å². The smallest absolute Gasteiger partial charge is 0.441 e. The summed E-state index contributed by atoms with van der Waals surface area (Å²) in [6.07, 6.45) is 0.665. The molecule has 18 heavy (non-hydrogen) atoms. The van der Waals surface area contributed by atoms with Gasteiger partial charge in [-0.3, -0.25) is 4.79 Å². The zero-order valence-corrected chi connectivity index (χ0v) is 12.7. The molecule has 2 nitrogen and oxygen atoms in total. The third-order valence-corrected chi connectivity index (χ3v) is 3.63. The summed E-state index contributed by atoms with van der Waals surface area (Å²) >= 11 is 6.24. The lowest BCUT2D eigenvalue weighted by Gasteiger charge is -2.11. The Morgan fingerprint density at radius 1 is 1.28 bits per heavy atom. The topological polar surface area (TPSA) is 26.3 Å². The van der Waals surface area contributed by atoms with Crippen molar-refractivity contribution in [1.82, 2.24) is 0 Å². The van der Waals surface area contributed by atoms with E-state index in [0.717, 1.165) is 0 Å². The Morgan fingerprint density at radius 3 is 2.28 bits per heavy atom. The lowest BCUT2D eigenvalue weighted by Crippen LogP contribution is -2.08. The molecule has 0 bridgehead atoms. The summed E-state index contributed by atoms with van der Waals surface area (Å²) in [7, 11) is 0. The first-order valence-electron chi connectivity index (χ1n) is 4.61. The van der Waals surface area contributed by atoms with Crippen molar-refractivity contribution < 1.29 is 22.7 Å². The van der Waals surface area contributed by atoms with Crippen LogP contribution in [0.4, 0.5) is 13.2 Å². The Kier molecular flexibility index (Phi) is 6.00. The Labute approximate surface area is 123 Å². The van der Waals surface area contributed by atoms with Crippen LogP contribution >= 0.6 is 43.6 Å². The van der Waals surface area contributed by atoms with E-state index in [1.165, 1.54) is 12.1 Å². The summed E-state index contributed by atoms with van der Waals surface area (Å²) in [5.41, 5.74) is -3.81. The normalized spacial score (nSPS) is 11.4. The van der Waals surface area contributed by atoms with E-state index in [-0.39, 0.29) is 24.1 Å². The highest BCUT2D eigenvalue weighted by Gasteiger charge is 2.27. The average Bonchev–Trinajstić information content (AvgIpc) is 2.25. The first kappa shape index (κ1) is 15.8. The predicted molar refractivity (Wildman–Crippen MR) is 71.2 cm³/mol. The molecule has 0 atom stereocenters. The second-order valence-electron chi connectivity index (χ2n) is 3.07. The van der Waals surface area contributed by atoms with Gasteiger partial charge in [0.05, 0.1) is 15.6 Å². The monoisotopic (exact) mass is 406 g/mol. The molecule has 0 spiro atoms. The van der Waals surface area contributed by atoms with Gasteiger partial charge in [0.15, 0.2) is 0 Å². The lowest BCUT2D eigenvalue weighted by molar-refractivity contribution is -0.0329. The van der Waals surface area contributed by atoms with Gasteiger partial charge in [0.1, 0.15) is 12.0 Å². The molecule has 8 heteroatoms. The molecular formula is C10H7Br2F3O2S. The fraction of sp³-hybridized carbons (Fsp3) is 0.300. The second kappa shape index (κ2) is 6.81. The Morgan fingerprint density at radius 2 is 1.83 bits per heavy atom. The highest BCUT2D eigenvalue weighted by molar-refractivity contribution is 9.11. The Bertz CT molecular complexity index is 415. The highest BCUT2D eigenvalue weighted by Crippen LogP contribution is 2.35. The number of hydrogen-bond acceptors (Lipinski definition) is 3. The van der Waals surface area contributed by atoms with Crippen LogP contribution in [0, 0.1) is 0 Å². The Hall–Kier alpha value is -0.210. The summed E-state index contributed by atoms with van der Waals surface area (Å²) in [5.74, 6) is 0.182. The van der Waals surface area contributed by atoms with E-state index in [9.17, 15) is 18.0 Å². The minimum absolute atomic E-state index is 0.0815. The third kappa shape index (κ3) is 5.19. The molecule has 0 fully saturated rings. The number of carbonyl (C=O) groups is 1. The summed E-state index contributed by atoms with van der Waals surface area (Å²) in [5, 5.41) is 0. The highest BCUT2D eigenvalue weighted by atomic mass is 79.9. The maximum Gasteiger partial charge on any atom is 0.441 e. The van der Waals surface area contributed by atoms with Crippen LogP contribution in [0.15, 0.2) is 21.1 Å². The molecule has 0 amide bonds. The average molecular weight is 408 g/mol. The summed E-state index contributed by atoms with van der Waals surface area (Å²) in [6, 6.07) is 3.06. The number of rotatable bonds is 5.